The molecule has 3 aromatic rings. The Morgan fingerprint density at radius 2 is 1.85 bits per heavy atom. The fourth-order valence-electron chi connectivity index (χ4n) is 5.05. The van der Waals surface area contributed by atoms with Crippen molar-refractivity contribution in [3.8, 4) is 0 Å². The molecule has 1 unspecified atom stereocenters. The van der Waals surface area contributed by atoms with Gasteiger partial charge in [-0.2, -0.15) is 0 Å². The van der Waals surface area contributed by atoms with Gasteiger partial charge in [-0.25, -0.2) is 4.57 Å². The third-order valence-electron chi connectivity index (χ3n) is 6.80. The number of carbonyl (C=O) groups excluding carboxylic acids is 1. The highest BCUT2D eigenvalue weighted by molar-refractivity contribution is 9.10. The highest BCUT2D eigenvalue weighted by Crippen LogP contribution is 2.43. The first kappa shape index (κ1) is 22.3. The van der Waals surface area contributed by atoms with Crippen LogP contribution < -0.4 is 4.57 Å². The first-order chi connectivity index (χ1) is 16.0. The molecule has 1 fully saturated rings. The smallest absolute Gasteiger partial charge is 0.226 e. The van der Waals surface area contributed by atoms with Gasteiger partial charge in [0.05, 0.1) is 12.1 Å². The summed E-state index contributed by atoms with van der Waals surface area (Å²) in [6, 6.07) is 12.3. The number of aryl methyl sites for hydroxylation is 1. The normalized spacial score (nSPS) is 17.9. The number of rotatable bonds is 3. The van der Waals surface area contributed by atoms with Crippen LogP contribution in [0.4, 0.5) is 0 Å². The Hall–Kier alpha value is -2.50. The maximum atomic E-state index is 12.9. The number of carbonyl (C=O) groups is 1. The molecule has 33 heavy (non-hydrogen) atoms. The van der Waals surface area contributed by atoms with Gasteiger partial charge in [0, 0.05) is 46.8 Å². The highest BCUT2D eigenvalue weighted by atomic mass is 79.9. The van der Waals surface area contributed by atoms with Crippen molar-refractivity contribution in [3.05, 3.63) is 92.4 Å². The molecular formula is C27H26BrClN3O+. The molecule has 1 aliphatic carbocycles. The number of amides is 1. The van der Waals surface area contributed by atoms with E-state index in [9.17, 15) is 4.79 Å². The molecule has 1 saturated heterocycles. The number of hydrogen-bond acceptors (Lipinski definition) is 2. The molecule has 0 spiro atoms. The molecule has 1 aliphatic heterocycles. The standard InChI is InChI=1S/C27H26BrClN3O/c1-31-10-6-18(7-11-31)14-25(33)32-12-8-19(9-13-32)26-24-5-4-23(29)16-20(24)2-3-21-15-22(28)17-30-27(21)26/h2-7,10-11,15-17,19,26H,8-9,12-14H2,1H3/q+1. The molecule has 1 amide bonds. The topological polar surface area (TPSA) is 37.1 Å². The Bertz CT molecular complexity index is 1160. The third-order valence-corrected chi connectivity index (χ3v) is 7.47. The molecular weight excluding hydrogens is 498 g/mol. The van der Waals surface area contributed by atoms with Crippen LogP contribution in [0.2, 0.25) is 5.02 Å². The fourth-order valence-corrected chi connectivity index (χ4v) is 5.58. The molecule has 5 rings (SSSR count). The SMILES string of the molecule is C[n+]1ccc(CC(=O)N2CCC(C3c4ccc(Cl)cc4C=Cc4cc(Br)cnc43)CC2)cc1. The zero-order valence-corrected chi connectivity index (χ0v) is 20.9. The predicted octanol–water partition coefficient (Wildman–Crippen LogP) is 5.42. The molecule has 1 aromatic carbocycles. The van der Waals surface area contributed by atoms with E-state index in [4.69, 9.17) is 16.6 Å². The number of benzene rings is 1. The summed E-state index contributed by atoms with van der Waals surface area (Å²) in [7, 11) is 1.98. The van der Waals surface area contributed by atoms with Gasteiger partial charge in [0.1, 0.15) is 7.05 Å². The average molecular weight is 524 g/mol. The summed E-state index contributed by atoms with van der Waals surface area (Å²) < 4.78 is 2.96. The molecule has 4 nitrogen and oxygen atoms in total. The van der Waals surface area contributed by atoms with Gasteiger partial charge in [-0.3, -0.25) is 9.78 Å². The van der Waals surface area contributed by atoms with Gasteiger partial charge in [0.25, 0.3) is 0 Å². The van der Waals surface area contributed by atoms with Crippen molar-refractivity contribution in [2.75, 3.05) is 13.1 Å². The van der Waals surface area contributed by atoms with Crippen molar-refractivity contribution in [2.45, 2.75) is 25.2 Å². The Balaban J connectivity index is 1.37. The van der Waals surface area contributed by atoms with Crippen molar-refractivity contribution in [1.29, 1.82) is 0 Å². The van der Waals surface area contributed by atoms with Crippen LogP contribution >= 0.6 is 27.5 Å². The molecule has 3 heterocycles. The van der Waals surface area contributed by atoms with Gasteiger partial charge in [-0.1, -0.05) is 29.8 Å². The monoisotopic (exact) mass is 522 g/mol. The van der Waals surface area contributed by atoms with E-state index >= 15 is 0 Å². The molecule has 6 heteroatoms. The second-order valence-electron chi connectivity index (χ2n) is 8.98. The van der Waals surface area contributed by atoms with E-state index in [1.807, 2.05) is 59.4 Å². The van der Waals surface area contributed by atoms with Crippen molar-refractivity contribution in [1.82, 2.24) is 9.88 Å². The predicted molar refractivity (Wildman–Crippen MR) is 135 cm³/mol. The Morgan fingerprint density at radius 3 is 2.61 bits per heavy atom. The van der Waals surface area contributed by atoms with Gasteiger partial charge in [0.2, 0.25) is 5.91 Å². The molecule has 0 radical (unpaired) electrons. The Kier molecular flexibility index (Phi) is 6.35. The van der Waals surface area contributed by atoms with Crippen LogP contribution in [0.3, 0.4) is 0 Å². The number of fused-ring (bicyclic) bond motifs is 2. The van der Waals surface area contributed by atoms with E-state index in [0.717, 1.165) is 57.8 Å². The minimum Gasteiger partial charge on any atom is -0.342 e. The highest BCUT2D eigenvalue weighted by Gasteiger charge is 2.34. The van der Waals surface area contributed by atoms with Crippen LogP contribution in [0.25, 0.3) is 12.2 Å². The van der Waals surface area contributed by atoms with Gasteiger partial charge in [0.15, 0.2) is 12.4 Å². The fraction of sp³-hybridized carbons (Fsp3) is 0.296. The maximum Gasteiger partial charge on any atom is 0.226 e. The lowest BCUT2D eigenvalue weighted by Gasteiger charge is -2.37. The van der Waals surface area contributed by atoms with Gasteiger partial charge in [-0.05, 0) is 75.1 Å². The lowest BCUT2D eigenvalue weighted by atomic mass is 9.76. The van der Waals surface area contributed by atoms with E-state index in [1.165, 1.54) is 5.56 Å². The third kappa shape index (κ3) is 4.75. The summed E-state index contributed by atoms with van der Waals surface area (Å²) in [5, 5.41) is 0.743. The van der Waals surface area contributed by atoms with Crippen LogP contribution in [0.5, 0.6) is 0 Å². The van der Waals surface area contributed by atoms with E-state index in [-0.39, 0.29) is 11.8 Å². The molecule has 2 aliphatic rings. The first-order valence-corrected chi connectivity index (χ1v) is 12.5. The molecule has 1 atom stereocenters. The number of halogens is 2. The lowest BCUT2D eigenvalue weighted by Crippen LogP contribution is -2.41. The minimum atomic E-state index is 0.182. The zero-order chi connectivity index (χ0) is 22.9. The zero-order valence-electron chi connectivity index (χ0n) is 18.5. The van der Waals surface area contributed by atoms with E-state index in [1.54, 1.807) is 0 Å². The van der Waals surface area contributed by atoms with Crippen LogP contribution in [0, 0.1) is 5.92 Å². The summed E-state index contributed by atoms with van der Waals surface area (Å²) in [5.41, 5.74) is 5.72. The second kappa shape index (κ2) is 9.40. The maximum absolute atomic E-state index is 12.9. The summed E-state index contributed by atoms with van der Waals surface area (Å²) in [6.07, 6.45) is 12.5. The number of hydrogen-bond donors (Lipinski definition) is 0. The summed E-state index contributed by atoms with van der Waals surface area (Å²) in [4.78, 5) is 19.8. The summed E-state index contributed by atoms with van der Waals surface area (Å²) in [5.74, 6) is 0.804. The van der Waals surface area contributed by atoms with Crippen molar-refractivity contribution >= 4 is 45.6 Å². The summed E-state index contributed by atoms with van der Waals surface area (Å²) in [6.45, 7) is 1.56. The van der Waals surface area contributed by atoms with Crippen molar-refractivity contribution in [2.24, 2.45) is 13.0 Å². The average Bonchev–Trinajstić information content (AvgIpc) is 2.97. The number of pyridine rings is 2. The molecule has 168 valence electrons. The van der Waals surface area contributed by atoms with Gasteiger partial charge < -0.3 is 4.90 Å². The van der Waals surface area contributed by atoms with Crippen LogP contribution in [-0.2, 0) is 18.3 Å². The van der Waals surface area contributed by atoms with E-state index < -0.39 is 0 Å². The van der Waals surface area contributed by atoms with E-state index in [0.29, 0.717) is 12.3 Å². The van der Waals surface area contributed by atoms with Crippen molar-refractivity contribution < 1.29 is 9.36 Å². The summed E-state index contributed by atoms with van der Waals surface area (Å²) >= 11 is 9.90. The second-order valence-corrected chi connectivity index (χ2v) is 10.3. The lowest BCUT2D eigenvalue weighted by molar-refractivity contribution is -0.671. The first-order valence-electron chi connectivity index (χ1n) is 11.3. The van der Waals surface area contributed by atoms with Crippen LogP contribution in [-0.4, -0.2) is 28.9 Å². The Labute approximate surface area is 208 Å². The molecule has 0 N–H and O–H groups in total. The molecule has 2 aromatic heterocycles. The quantitative estimate of drug-likeness (QED) is 0.430. The van der Waals surface area contributed by atoms with Gasteiger partial charge in [-0.15, -0.1) is 0 Å². The van der Waals surface area contributed by atoms with Crippen LogP contribution in [0.15, 0.2) is 59.5 Å². The molecule has 0 saturated carbocycles. The number of piperidine rings is 1. The number of nitrogens with zero attached hydrogens (tertiary/aromatic N) is 3. The number of likely N-dealkylation sites (tertiary alicyclic amines) is 1. The minimum absolute atomic E-state index is 0.182. The van der Waals surface area contributed by atoms with Crippen molar-refractivity contribution in [3.63, 3.8) is 0 Å². The molecule has 0 bridgehead atoms. The Morgan fingerprint density at radius 1 is 1.12 bits per heavy atom. The number of aromatic nitrogens is 2. The largest absolute Gasteiger partial charge is 0.342 e. The van der Waals surface area contributed by atoms with Crippen LogP contribution in [0.1, 0.15) is 46.7 Å². The van der Waals surface area contributed by atoms with E-state index in [2.05, 4.69) is 40.2 Å². The van der Waals surface area contributed by atoms with Gasteiger partial charge >= 0.3 is 0 Å².